The molecule has 3 unspecified atom stereocenters. The van der Waals surface area contributed by atoms with Crippen molar-refractivity contribution in [3.8, 4) is 0 Å². The van der Waals surface area contributed by atoms with E-state index in [0.29, 0.717) is 19.8 Å². The standard InChI is InChI=1S/C15H21NO2.C11H19NO4/c1-5-16(12(4)17)14(15(18)11(2)3)13-9-7-6-8-10-13;1-7(2)10(13)9(12-11(14)15-3)8-4-5-16-6-8/h6-11,14H,5H2,1-4H3;7-9H,4-6H2,1-3H3,(H,12,14). The molecular weight excluding hydrogens is 436 g/mol. The maximum absolute atomic E-state index is 12.4. The Morgan fingerprint density at radius 2 is 1.65 bits per heavy atom. The fourth-order valence-electron chi connectivity index (χ4n) is 3.82. The third-order valence-electron chi connectivity index (χ3n) is 5.78. The van der Waals surface area contributed by atoms with Gasteiger partial charge in [-0.25, -0.2) is 4.79 Å². The predicted octanol–water partition coefficient (Wildman–Crippen LogP) is 3.79. The van der Waals surface area contributed by atoms with Crippen LogP contribution in [-0.4, -0.2) is 61.4 Å². The molecule has 0 saturated carbocycles. The van der Waals surface area contributed by atoms with Gasteiger partial charge in [-0.05, 0) is 18.9 Å². The van der Waals surface area contributed by atoms with E-state index >= 15 is 0 Å². The van der Waals surface area contributed by atoms with Crippen LogP contribution in [-0.2, 0) is 23.9 Å². The highest BCUT2D eigenvalue weighted by Gasteiger charge is 2.34. The molecule has 2 rings (SSSR count). The van der Waals surface area contributed by atoms with Gasteiger partial charge in [0.2, 0.25) is 5.91 Å². The molecule has 34 heavy (non-hydrogen) atoms. The van der Waals surface area contributed by atoms with Crippen LogP contribution in [0.1, 0.15) is 59.6 Å². The average Bonchev–Trinajstić information content (AvgIpc) is 3.35. The number of nitrogens with one attached hydrogen (secondary N) is 1. The van der Waals surface area contributed by atoms with Crippen LogP contribution in [0.3, 0.4) is 0 Å². The second-order valence-electron chi connectivity index (χ2n) is 8.97. The number of ether oxygens (including phenoxy) is 2. The second kappa shape index (κ2) is 14.5. The number of rotatable bonds is 9. The second-order valence-corrected chi connectivity index (χ2v) is 8.97. The minimum atomic E-state index is -0.564. The molecule has 1 aromatic carbocycles. The molecule has 1 aromatic rings. The van der Waals surface area contributed by atoms with Gasteiger partial charge >= 0.3 is 6.09 Å². The fraction of sp³-hybridized carbons (Fsp3) is 0.615. The summed E-state index contributed by atoms with van der Waals surface area (Å²) in [6.07, 6.45) is 0.235. The number of amides is 2. The van der Waals surface area contributed by atoms with Crippen molar-refractivity contribution >= 4 is 23.6 Å². The van der Waals surface area contributed by atoms with Gasteiger partial charge in [0, 0.05) is 37.8 Å². The normalized spacial score (nSPS) is 16.8. The summed E-state index contributed by atoms with van der Waals surface area (Å²) in [4.78, 5) is 48.8. The van der Waals surface area contributed by atoms with Crippen molar-refractivity contribution in [3.05, 3.63) is 35.9 Å². The van der Waals surface area contributed by atoms with Crippen LogP contribution >= 0.6 is 0 Å². The fourth-order valence-corrected chi connectivity index (χ4v) is 3.82. The van der Waals surface area contributed by atoms with Crippen LogP contribution in [0.15, 0.2) is 30.3 Å². The van der Waals surface area contributed by atoms with E-state index in [1.807, 2.05) is 65.0 Å². The highest BCUT2D eigenvalue weighted by atomic mass is 16.5. The Balaban J connectivity index is 0.000000342. The van der Waals surface area contributed by atoms with Crippen molar-refractivity contribution in [2.24, 2.45) is 17.8 Å². The number of alkyl carbamates (subject to hydrolysis) is 1. The Kier molecular flexibility index (Phi) is 12.5. The summed E-state index contributed by atoms with van der Waals surface area (Å²) < 4.78 is 9.77. The number of hydrogen-bond donors (Lipinski definition) is 1. The number of likely N-dealkylation sites (N-methyl/N-ethyl adjacent to an activating group) is 1. The highest BCUT2D eigenvalue weighted by molar-refractivity contribution is 5.91. The smallest absolute Gasteiger partial charge is 0.407 e. The first-order valence-electron chi connectivity index (χ1n) is 11.9. The molecule has 2 amide bonds. The van der Waals surface area contributed by atoms with E-state index in [0.717, 1.165) is 12.0 Å². The van der Waals surface area contributed by atoms with E-state index in [1.165, 1.54) is 14.0 Å². The van der Waals surface area contributed by atoms with Crippen molar-refractivity contribution in [1.29, 1.82) is 0 Å². The number of hydrogen-bond acceptors (Lipinski definition) is 6. The monoisotopic (exact) mass is 476 g/mol. The molecule has 1 N–H and O–H groups in total. The third kappa shape index (κ3) is 8.56. The van der Waals surface area contributed by atoms with Gasteiger partial charge in [0.25, 0.3) is 0 Å². The van der Waals surface area contributed by atoms with Gasteiger partial charge in [-0.3, -0.25) is 14.4 Å². The van der Waals surface area contributed by atoms with E-state index in [1.54, 1.807) is 4.90 Å². The van der Waals surface area contributed by atoms with E-state index in [9.17, 15) is 19.2 Å². The molecule has 0 spiro atoms. The summed E-state index contributed by atoms with van der Waals surface area (Å²) in [5.74, 6) is -0.0973. The van der Waals surface area contributed by atoms with Gasteiger partial charge in [0.05, 0.1) is 19.8 Å². The summed E-state index contributed by atoms with van der Waals surface area (Å²) in [7, 11) is 1.29. The van der Waals surface area contributed by atoms with E-state index in [4.69, 9.17) is 4.74 Å². The Morgan fingerprint density at radius 3 is 2.06 bits per heavy atom. The molecule has 0 aliphatic carbocycles. The molecule has 3 atom stereocenters. The van der Waals surface area contributed by atoms with Gasteiger partial charge in [-0.1, -0.05) is 58.0 Å². The lowest BCUT2D eigenvalue weighted by Gasteiger charge is -2.30. The van der Waals surface area contributed by atoms with Gasteiger partial charge in [-0.2, -0.15) is 0 Å². The Labute approximate surface area is 203 Å². The molecule has 8 heteroatoms. The van der Waals surface area contributed by atoms with Crippen molar-refractivity contribution in [3.63, 3.8) is 0 Å². The first-order chi connectivity index (χ1) is 16.0. The van der Waals surface area contributed by atoms with Gasteiger partial charge in [0.1, 0.15) is 6.04 Å². The summed E-state index contributed by atoms with van der Waals surface area (Å²) in [5, 5.41) is 2.60. The average molecular weight is 477 g/mol. The van der Waals surface area contributed by atoms with Crippen LogP contribution in [0.5, 0.6) is 0 Å². The van der Waals surface area contributed by atoms with Crippen LogP contribution < -0.4 is 5.32 Å². The minimum absolute atomic E-state index is 0.0286. The van der Waals surface area contributed by atoms with Crippen molar-refractivity contribution in [1.82, 2.24) is 10.2 Å². The Hall–Kier alpha value is -2.74. The lowest BCUT2D eigenvalue weighted by molar-refractivity contribution is -0.139. The molecular formula is C26H40N2O6. The van der Waals surface area contributed by atoms with Gasteiger partial charge < -0.3 is 19.7 Å². The van der Waals surface area contributed by atoms with Crippen molar-refractivity contribution in [2.45, 2.75) is 60.0 Å². The summed E-state index contributed by atoms with van der Waals surface area (Å²) >= 11 is 0. The maximum Gasteiger partial charge on any atom is 0.407 e. The quantitative estimate of drug-likeness (QED) is 0.582. The molecule has 1 saturated heterocycles. The molecule has 0 bridgehead atoms. The molecule has 190 valence electrons. The first kappa shape index (κ1) is 29.3. The van der Waals surface area contributed by atoms with Gasteiger partial charge in [-0.15, -0.1) is 0 Å². The molecule has 1 aliphatic heterocycles. The van der Waals surface area contributed by atoms with Crippen molar-refractivity contribution in [2.75, 3.05) is 26.9 Å². The van der Waals surface area contributed by atoms with Crippen LogP contribution in [0.25, 0.3) is 0 Å². The zero-order valence-electron chi connectivity index (χ0n) is 21.5. The number of ketones is 2. The summed E-state index contributed by atoms with van der Waals surface area (Å²) in [6.45, 7) is 12.5. The minimum Gasteiger partial charge on any atom is -0.453 e. The number of nitrogens with zero attached hydrogens (tertiary/aromatic N) is 1. The lowest BCUT2D eigenvalue weighted by Crippen LogP contribution is -2.47. The number of carbonyl (C=O) groups excluding carboxylic acids is 4. The summed E-state index contributed by atoms with van der Waals surface area (Å²) in [6, 6.07) is 8.54. The van der Waals surface area contributed by atoms with E-state index in [2.05, 4.69) is 10.1 Å². The molecule has 0 aromatic heterocycles. The number of Topliss-reactive ketones (excluding diaryl/α,β-unsaturated/α-hetero) is 2. The summed E-state index contributed by atoms with van der Waals surface area (Å²) in [5.41, 5.74) is 0.883. The first-order valence-corrected chi connectivity index (χ1v) is 11.9. The lowest BCUT2D eigenvalue weighted by atomic mass is 9.90. The Morgan fingerprint density at radius 1 is 1.06 bits per heavy atom. The highest BCUT2D eigenvalue weighted by Crippen LogP contribution is 2.25. The largest absolute Gasteiger partial charge is 0.453 e. The van der Waals surface area contributed by atoms with Gasteiger partial charge in [0.15, 0.2) is 11.6 Å². The van der Waals surface area contributed by atoms with Crippen LogP contribution in [0.4, 0.5) is 4.79 Å². The van der Waals surface area contributed by atoms with E-state index in [-0.39, 0.29) is 35.2 Å². The zero-order chi connectivity index (χ0) is 25.8. The molecule has 1 heterocycles. The topological polar surface area (TPSA) is 102 Å². The predicted molar refractivity (Wildman–Crippen MR) is 130 cm³/mol. The zero-order valence-corrected chi connectivity index (χ0v) is 21.5. The SMILES string of the molecule is CCN(C(C)=O)C(C(=O)C(C)C)c1ccccc1.COC(=O)NC(C(=O)C(C)C)C1CCOC1. The van der Waals surface area contributed by atoms with E-state index < -0.39 is 18.2 Å². The number of benzene rings is 1. The molecule has 1 aliphatic rings. The molecule has 0 radical (unpaired) electrons. The molecule has 1 fully saturated rings. The van der Waals surface area contributed by atoms with Crippen LogP contribution in [0, 0.1) is 17.8 Å². The third-order valence-corrected chi connectivity index (χ3v) is 5.78. The number of carbonyl (C=O) groups is 4. The number of methoxy groups -OCH3 is 1. The Bertz CT molecular complexity index is 803. The van der Waals surface area contributed by atoms with Crippen LogP contribution in [0.2, 0.25) is 0 Å². The van der Waals surface area contributed by atoms with Crippen molar-refractivity contribution < 1.29 is 28.7 Å². The molecule has 8 nitrogen and oxygen atoms in total. The maximum atomic E-state index is 12.4.